The lowest BCUT2D eigenvalue weighted by atomic mass is 9.81. The molecule has 2 N–H and O–H groups in total. The smallest absolute Gasteiger partial charge is 0.223 e. The molecule has 0 aromatic carbocycles. The molecule has 0 bridgehead atoms. The van der Waals surface area contributed by atoms with Crippen LogP contribution in [0.2, 0.25) is 0 Å². The van der Waals surface area contributed by atoms with Gasteiger partial charge < -0.3 is 10.6 Å². The highest BCUT2D eigenvalue weighted by Gasteiger charge is 2.30. The monoisotopic (exact) mass is 226 g/mol. The summed E-state index contributed by atoms with van der Waals surface area (Å²) in [5, 5.41) is 6.54. The van der Waals surface area contributed by atoms with E-state index in [9.17, 15) is 4.79 Å². The van der Waals surface area contributed by atoms with E-state index in [4.69, 9.17) is 0 Å². The van der Waals surface area contributed by atoms with E-state index in [0.717, 1.165) is 19.5 Å². The van der Waals surface area contributed by atoms with Crippen molar-refractivity contribution in [3.63, 3.8) is 0 Å². The number of carbonyl (C=O) groups excluding carboxylic acids is 1. The highest BCUT2D eigenvalue weighted by molar-refractivity contribution is 5.79. The van der Waals surface area contributed by atoms with Crippen molar-refractivity contribution in [2.75, 3.05) is 13.1 Å². The Labute approximate surface area is 99.4 Å². The molecule has 0 saturated carbocycles. The number of hydrogen-bond acceptors (Lipinski definition) is 2. The maximum atomic E-state index is 12.1. The molecule has 1 heterocycles. The summed E-state index contributed by atoms with van der Waals surface area (Å²) in [6.45, 7) is 12.6. The Bertz CT molecular complexity index is 245. The quantitative estimate of drug-likeness (QED) is 0.753. The third kappa shape index (κ3) is 3.48. The van der Waals surface area contributed by atoms with Gasteiger partial charge in [-0.05, 0) is 30.8 Å². The molecule has 94 valence electrons. The van der Waals surface area contributed by atoms with Crippen molar-refractivity contribution in [1.29, 1.82) is 0 Å². The molecule has 1 saturated heterocycles. The number of carbonyl (C=O) groups is 1. The minimum absolute atomic E-state index is 0.0419. The van der Waals surface area contributed by atoms with Crippen molar-refractivity contribution in [2.45, 2.75) is 47.1 Å². The first-order valence-corrected chi connectivity index (χ1v) is 6.33. The lowest BCUT2D eigenvalue weighted by molar-refractivity contribution is -0.128. The molecule has 1 rings (SSSR count). The fraction of sp³-hybridized carbons (Fsp3) is 0.923. The average Bonchev–Trinajstić information content (AvgIpc) is 2.19. The normalized spacial score (nSPS) is 28.6. The van der Waals surface area contributed by atoms with Gasteiger partial charge in [0.15, 0.2) is 0 Å². The van der Waals surface area contributed by atoms with Gasteiger partial charge in [-0.2, -0.15) is 0 Å². The molecule has 3 unspecified atom stereocenters. The Balaban J connectivity index is 2.50. The average molecular weight is 226 g/mol. The van der Waals surface area contributed by atoms with Crippen molar-refractivity contribution in [1.82, 2.24) is 10.6 Å². The van der Waals surface area contributed by atoms with Gasteiger partial charge in [-0.3, -0.25) is 4.79 Å². The zero-order valence-electron chi connectivity index (χ0n) is 11.3. The van der Waals surface area contributed by atoms with E-state index in [1.54, 1.807) is 0 Å². The second-order valence-electron chi connectivity index (χ2n) is 6.17. The molecule has 1 aliphatic heterocycles. The number of nitrogens with one attached hydrogen (secondary N) is 2. The third-order valence-electron chi connectivity index (χ3n) is 3.81. The molecule has 0 radical (unpaired) electrons. The first-order chi connectivity index (χ1) is 7.32. The lowest BCUT2D eigenvalue weighted by Gasteiger charge is -2.33. The summed E-state index contributed by atoms with van der Waals surface area (Å²) in [5.41, 5.74) is 0.0419. The molecule has 1 aliphatic rings. The minimum Gasteiger partial charge on any atom is -0.353 e. The Morgan fingerprint density at radius 3 is 2.56 bits per heavy atom. The van der Waals surface area contributed by atoms with Crippen LogP contribution in [-0.2, 0) is 4.79 Å². The van der Waals surface area contributed by atoms with Gasteiger partial charge in [-0.25, -0.2) is 0 Å². The van der Waals surface area contributed by atoms with Crippen molar-refractivity contribution >= 4 is 5.91 Å². The summed E-state index contributed by atoms with van der Waals surface area (Å²) in [4.78, 5) is 12.1. The fourth-order valence-electron chi connectivity index (χ4n) is 1.93. The highest BCUT2D eigenvalue weighted by atomic mass is 16.2. The van der Waals surface area contributed by atoms with Crippen LogP contribution in [0.3, 0.4) is 0 Å². The van der Waals surface area contributed by atoms with Crippen LogP contribution in [-0.4, -0.2) is 25.0 Å². The van der Waals surface area contributed by atoms with Crippen molar-refractivity contribution in [3.05, 3.63) is 0 Å². The van der Waals surface area contributed by atoms with Crippen LogP contribution in [0.15, 0.2) is 0 Å². The molecule has 3 heteroatoms. The Hall–Kier alpha value is -0.570. The van der Waals surface area contributed by atoms with Gasteiger partial charge in [0.1, 0.15) is 0 Å². The number of amides is 1. The molecule has 3 nitrogen and oxygen atoms in total. The second kappa shape index (κ2) is 5.17. The van der Waals surface area contributed by atoms with Crippen LogP contribution >= 0.6 is 0 Å². The summed E-state index contributed by atoms with van der Waals surface area (Å²) < 4.78 is 0. The fourth-order valence-corrected chi connectivity index (χ4v) is 1.93. The van der Waals surface area contributed by atoms with Crippen LogP contribution in [0.1, 0.15) is 41.0 Å². The molecular weight excluding hydrogens is 200 g/mol. The van der Waals surface area contributed by atoms with Gasteiger partial charge in [0.2, 0.25) is 5.91 Å². The molecule has 1 amide bonds. The molecular formula is C13H26N2O. The van der Waals surface area contributed by atoms with Crippen LogP contribution in [0.4, 0.5) is 0 Å². The van der Waals surface area contributed by atoms with Gasteiger partial charge in [-0.1, -0.05) is 34.6 Å². The lowest BCUT2D eigenvalue weighted by Crippen LogP contribution is -2.50. The number of rotatable bonds is 2. The highest BCUT2D eigenvalue weighted by Crippen LogP contribution is 2.25. The van der Waals surface area contributed by atoms with E-state index in [-0.39, 0.29) is 17.2 Å². The van der Waals surface area contributed by atoms with E-state index < -0.39 is 0 Å². The molecule has 0 spiro atoms. The van der Waals surface area contributed by atoms with E-state index in [0.29, 0.717) is 12.0 Å². The van der Waals surface area contributed by atoms with Crippen LogP contribution in [0, 0.1) is 17.3 Å². The first kappa shape index (κ1) is 13.5. The SMILES string of the molecule is CC1CNCCC1NC(=O)C(C)C(C)(C)C. The summed E-state index contributed by atoms with van der Waals surface area (Å²) in [5.74, 6) is 0.797. The summed E-state index contributed by atoms with van der Waals surface area (Å²) in [6.07, 6.45) is 1.05. The van der Waals surface area contributed by atoms with E-state index in [1.165, 1.54) is 0 Å². The van der Waals surface area contributed by atoms with Crippen LogP contribution in [0.5, 0.6) is 0 Å². The zero-order valence-corrected chi connectivity index (χ0v) is 11.3. The van der Waals surface area contributed by atoms with Crippen LogP contribution in [0.25, 0.3) is 0 Å². The van der Waals surface area contributed by atoms with Crippen molar-refractivity contribution < 1.29 is 4.79 Å². The van der Waals surface area contributed by atoms with Gasteiger partial charge >= 0.3 is 0 Å². The minimum atomic E-state index is 0.0419. The molecule has 16 heavy (non-hydrogen) atoms. The molecule has 1 fully saturated rings. The summed E-state index contributed by atoms with van der Waals surface area (Å²) >= 11 is 0. The summed E-state index contributed by atoms with van der Waals surface area (Å²) in [7, 11) is 0. The predicted molar refractivity (Wildman–Crippen MR) is 67.2 cm³/mol. The van der Waals surface area contributed by atoms with Gasteiger partial charge in [0.05, 0.1) is 0 Å². The largest absolute Gasteiger partial charge is 0.353 e. The Morgan fingerprint density at radius 1 is 1.44 bits per heavy atom. The van der Waals surface area contributed by atoms with Gasteiger partial charge in [0.25, 0.3) is 0 Å². The van der Waals surface area contributed by atoms with Crippen molar-refractivity contribution in [2.24, 2.45) is 17.3 Å². The Morgan fingerprint density at radius 2 is 2.06 bits per heavy atom. The maximum Gasteiger partial charge on any atom is 0.223 e. The number of hydrogen-bond donors (Lipinski definition) is 2. The molecule has 0 aromatic heterocycles. The molecule has 0 aromatic rings. The topological polar surface area (TPSA) is 41.1 Å². The van der Waals surface area contributed by atoms with Gasteiger partial charge in [-0.15, -0.1) is 0 Å². The Kier molecular flexibility index (Phi) is 4.36. The summed E-state index contributed by atoms with van der Waals surface area (Å²) in [6, 6.07) is 0.346. The molecule has 0 aliphatic carbocycles. The van der Waals surface area contributed by atoms with Crippen LogP contribution < -0.4 is 10.6 Å². The zero-order chi connectivity index (χ0) is 12.3. The number of piperidine rings is 1. The van der Waals surface area contributed by atoms with E-state index >= 15 is 0 Å². The van der Waals surface area contributed by atoms with E-state index in [2.05, 4.69) is 38.3 Å². The molecule has 3 atom stereocenters. The van der Waals surface area contributed by atoms with Crippen molar-refractivity contribution in [3.8, 4) is 0 Å². The van der Waals surface area contributed by atoms with E-state index in [1.807, 2.05) is 6.92 Å². The second-order valence-corrected chi connectivity index (χ2v) is 6.17. The standard InChI is InChI=1S/C13H26N2O/c1-9-8-14-7-6-11(9)15-12(16)10(2)13(3,4)5/h9-11,14H,6-8H2,1-5H3,(H,15,16). The predicted octanol–water partition coefficient (Wildman–Crippen LogP) is 1.78. The third-order valence-corrected chi connectivity index (χ3v) is 3.81. The maximum absolute atomic E-state index is 12.1. The first-order valence-electron chi connectivity index (χ1n) is 6.33. The van der Waals surface area contributed by atoms with Gasteiger partial charge in [0, 0.05) is 12.0 Å².